The Labute approximate surface area is 92.1 Å². The second kappa shape index (κ2) is 5.85. The van der Waals surface area contributed by atoms with Gasteiger partial charge in [0.2, 0.25) is 0 Å². The normalized spacial score (nSPS) is 11.6. The Morgan fingerprint density at radius 2 is 2.07 bits per heavy atom. The molecule has 4 nitrogen and oxygen atoms in total. The van der Waals surface area contributed by atoms with Gasteiger partial charge in [-0.1, -0.05) is 13.8 Å². The van der Waals surface area contributed by atoms with E-state index in [1.807, 2.05) is 4.68 Å². The lowest BCUT2D eigenvalue weighted by atomic mass is 10.2. The monoisotopic (exact) mass is 210 g/mol. The fourth-order valence-corrected chi connectivity index (χ4v) is 1.48. The highest BCUT2D eigenvalue weighted by Crippen LogP contribution is 2.04. The summed E-state index contributed by atoms with van der Waals surface area (Å²) in [5.41, 5.74) is 0. The summed E-state index contributed by atoms with van der Waals surface area (Å²) in [6, 6.07) is 0.396. The van der Waals surface area contributed by atoms with Crippen molar-refractivity contribution in [1.29, 1.82) is 0 Å². The lowest BCUT2D eigenvalue weighted by Gasteiger charge is -2.10. The maximum Gasteiger partial charge on any atom is 0.138 e. The standard InChI is InChI=1S/C11H22N4/c1-9(2)7-12-6-5-11-13-8-14-15(11)10(3)4/h8-10,12H,5-7H2,1-4H3. The summed E-state index contributed by atoms with van der Waals surface area (Å²) in [4.78, 5) is 4.27. The van der Waals surface area contributed by atoms with Crippen LogP contribution in [0.4, 0.5) is 0 Å². The molecule has 0 radical (unpaired) electrons. The van der Waals surface area contributed by atoms with Crippen molar-refractivity contribution in [3.05, 3.63) is 12.2 Å². The first-order valence-electron chi connectivity index (χ1n) is 5.70. The lowest BCUT2D eigenvalue weighted by Crippen LogP contribution is -2.23. The van der Waals surface area contributed by atoms with Crippen LogP contribution in [0.5, 0.6) is 0 Å². The predicted molar refractivity (Wildman–Crippen MR) is 61.8 cm³/mol. The van der Waals surface area contributed by atoms with Crippen LogP contribution in [0.15, 0.2) is 6.33 Å². The highest BCUT2D eigenvalue weighted by molar-refractivity contribution is 4.87. The van der Waals surface area contributed by atoms with Crippen LogP contribution < -0.4 is 5.32 Å². The van der Waals surface area contributed by atoms with Crippen molar-refractivity contribution in [3.63, 3.8) is 0 Å². The van der Waals surface area contributed by atoms with Crippen molar-refractivity contribution in [2.24, 2.45) is 5.92 Å². The van der Waals surface area contributed by atoms with Crippen molar-refractivity contribution in [2.75, 3.05) is 13.1 Å². The van der Waals surface area contributed by atoms with Crippen LogP contribution >= 0.6 is 0 Å². The molecular weight excluding hydrogens is 188 g/mol. The third-order valence-electron chi connectivity index (χ3n) is 2.21. The molecule has 0 unspecified atom stereocenters. The number of hydrogen-bond acceptors (Lipinski definition) is 3. The van der Waals surface area contributed by atoms with E-state index in [1.54, 1.807) is 6.33 Å². The molecule has 0 aliphatic carbocycles. The average molecular weight is 210 g/mol. The van der Waals surface area contributed by atoms with Crippen LogP contribution in [0.25, 0.3) is 0 Å². The van der Waals surface area contributed by atoms with Crippen molar-refractivity contribution < 1.29 is 0 Å². The van der Waals surface area contributed by atoms with Gasteiger partial charge in [0.05, 0.1) is 0 Å². The van der Waals surface area contributed by atoms with Gasteiger partial charge in [-0.05, 0) is 26.3 Å². The molecule has 0 bridgehead atoms. The lowest BCUT2D eigenvalue weighted by molar-refractivity contribution is 0.491. The van der Waals surface area contributed by atoms with E-state index < -0.39 is 0 Å². The molecule has 0 atom stereocenters. The molecule has 0 saturated heterocycles. The second-order valence-electron chi connectivity index (χ2n) is 4.56. The molecule has 1 heterocycles. The van der Waals surface area contributed by atoms with Gasteiger partial charge in [0, 0.05) is 19.0 Å². The molecule has 0 spiro atoms. The smallest absolute Gasteiger partial charge is 0.138 e. The van der Waals surface area contributed by atoms with Crippen molar-refractivity contribution in [1.82, 2.24) is 20.1 Å². The maximum absolute atomic E-state index is 4.27. The summed E-state index contributed by atoms with van der Waals surface area (Å²) in [6.07, 6.45) is 2.59. The number of hydrogen-bond donors (Lipinski definition) is 1. The minimum absolute atomic E-state index is 0.396. The van der Waals surface area contributed by atoms with E-state index in [9.17, 15) is 0 Å². The molecule has 0 amide bonds. The van der Waals surface area contributed by atoms with Crippen LogP contribution in [-0.4, -0.2) is 27.9 Å². The van der Waals surface area contributed by atoms with Gasteiger partial charge in [-0.2, -0.15) is 5.10 Å². The minimum atomic E-state index is 0.396. The molecule has 0 fully saturated rings. The quantitative estimate of drug-likeness (QED) is 0.726. The summed E-state index contributed by atoms with van der Waals surface area (Å²) in [5.74, 6) is 1.77. The molecule has 86 valence electrons. The molecule has 0 aliphatic rings. The van der Waals surface area contributed by atoms with Gasteiger partial charge < -0.3 is 5.32 Å². The molecule has 4 heteroatoms. The first-order chi connectivity index (χ1) is 7.11. The van der Waals surface area contributed by atoms with Crippen molar-refractivity contribution >= 4 is 0 Å². The predicted octanol–water partition coefficient (Wildman–Crippen LogP) is 1.65. The Morgan fingerprint density at radius 1 is 1.33 bits per heavy atom. The molecule has 0 saturated carbocycles. The number of rotatable bonds is 6. The molecule has 1 rings (SSSR count). The van der Waals surface area contributed by atoms with E-state index in [4.69, 9.17) is 0 Å². The van der Waals surface area contributed by atoms with E-state index >= 15 is 0 Å². The van der Waals surface area contributed by atoms with Crippen molar-refractivity contribution in [2.45, 2.75) is 40.2 Å². The third-order valence-corrected chi connectivity index (χ3v) is 2.21. The fourth-order valence-electron chi connectivity index (χ4n) is 1.48. The summed E-state index contributed by atoms with van der Waals surface area (Å²) >= 11 is 0. The fraction of sp³-hybridized carbons (Fsp3) is 0.818. The van der Waals surface area contributed by atoms with E-state index in [0.29, 0.717) is 12.0 Å². The number of nitrogens with one attached hydrogen (secondary N) is 1. The average Bonchev–Trinajstić information content (AvgIpc) is 2.60. The Kier molecular flexibility index (Phi) is 4.75. The zero-order valence-corrected chi connectivity index (χ0v) is 10.2. The van der Waals surface area contributed by atoms with E-state index in [0.717, 1.165) is 25.3 Å². The van der Waals surface area contributed by atoms with Gasteiger partial charge in [0.15, 0.2) is 0 Å². The Bertz CT molecular complexity index is 278. The van der Waals surface area contributed by atoms with Crippen LogP contribution in [0, 0.1) is 5.92 Å². The molecular formula is C11H22N4. The molecule has 1 N–H and O–H groups in total. The number of nitrogens with zero attached hydrogens (tertiary/aromatic N) is 3. The molecule has 15 heavy (non-hydrogen) atoms. The highest BCUT2D eigenvalue weighted by atomic mass is 15.3. The van der Waals surface area contributed by atoms with Gasteiger partial charge in [0.25, 0.3) is 0 Å². The topological polar surface area (TPSA) is 42.7 Å². The Hall–Kier alpha value is -0.900. The van der Waals surface area contributed by atoms with Crippen LogP contribution in [0.2, 0.25) is 0 Å². The SMILES string of the molecule is CC(C)CNCCc1ncnn1C(C)C. The first-order valence-corrected chi connectivity index (χ1v) is 5.70. The van der Waals surface area contributed by atoms with E-state index in [2.05, 4.69) is 43.1 Å². The maximum atomic E-state index is 4.27. The summed E-state index contributed by atoms with van der Waals surface area (Å²) in [6.45, 7) is 10.7. The van der Waals surface area contributed by atoms with Crippen LogP contribution in [0.1, 0.15) is 39.6 Å². The second-order valence-corrected chi connectivity index (χ2v) is 4.56. The van der Waals surface area contributed by atoms with Gasteiger partial charge >= 0.3 is 0 Å². The summed E-state index contributed by atoms with van der Waals surface area (Å²) in [7, 11) is 0. The minimum Gasteiger partial charge on any atom is -0.316 e. The Morgan fingerprint density at radius 3 is 2.67 bits per heavy atom. The van der Waals surface area contributed by atoms with Gasteiger partial charge in [-0.3, -0.25) is 0 Å². The molecule has 1 aromatic rings. The van der Waals surface area contributed by atoms with Crippen LogP contribution in [-0.2, 0) is 6.42 Å². The van der Waals surface area contributed by atoms with E-state index in [-0.39, 0.29) is 0 Å². The zero-order chi connectivity index (χ0) is 11.3. The molecule has 0 aromatic carbocycles. The highest BCUT2D eigenvalue weighted by Gasteiger charge is 2.06. The van der Waals surface area contributed by atoms with Gasteiger partial charge in [0.1, 0.15) is 12.2 Å². The first kappa shape index (κ1) is 12.2. The molecule has 1 aromatic heterocycles. The van der Waals surface area contributed by atoms with E-state index in [1.165, 1.54) is 0 Å². The van der Waals surface area contributed by atoms with Gasteiger partial charge in [-0.15, -0.1) is 0 Å². The Balaban J connectivity index is 2.34. The van der Waals surface area contributed by atoms with Crippen LogP contribution in [0.3, 0.4) is 0 Å². The summed E-state index contributed by atoms with van der Waals surface area (Å²) in [5, 5.41) is 7.62. The summed E-state index contributed by atoms with van der Waals surface area (Å²) < 4.78 is 1.98. The molecule has 0 aliphatic heterocycles. The van der Waals surface area contributed by atoms with Gasteiger partial charge in [-0.25, -0.2) is 9.67 Å². The number of aromatic nitrogens is 3. The third kappa shape index (κ3) is 4.00. The van der Waals surface area contributed by atoms with Crippen molar-refractivity contribution in [3.8, 4) is 0 Å². The largest absolute Gasteiger partial charge is 0.316 e. The zero-order valence-electron chi connectivity index (χ0n) is 10.2.